The monoisotopic (exact) mass is 508 g/mol. The summed E-state index contributed by atoms with van der Waals surface area (Å²) in [5, 5.41) is 4.81. The molecule has 0 bridgehead atoms. The van der Waals surface area contributed by atoms with E-state index >= 15 is 0 Å². The molecular formula is C40H28. The number of hydrogen-bond acceptors (Lipinski definition) is 0. The highest BCUT2D eigenvalue weighted by atomic mass is 14.0. The second kappa shape index (κ2) is 11.2. The second-order valence-corrected chi connectivity index (χ2v) is 10.2. The van der Waals surface area contributed by atoms with E-state index in [0.717, 1.165) is 22.3 Å². The number of fused-ring (bicyclic) bond motifs is 2. The van der Waals surface area contributed by atoms with Gasteiger partial charge >= 0.3 is 0 Å². The Kier molecular flexibility index (Phi) is 7.01. The van der Waals surface area contributed by atoms with Crippen LogP contribution in [0.15, 0.2) is 121 Å². The van der Waals surface area contributed by atoms with E-state index in [1.807, 2.05) is 0 Å². The lowest BCUT2D eigenvalue weighted by Gasteiger charge is -2.03. The zero-order chi connectivity index (χ0) is 27.3. The van der Waals surface area contributed by atoms with Gasteiger partial charge in [0.15, 0.2) is 0 Å². The van der Waals surface area contributed by atoms with Crippen molar-refractivity contribution < 1.29 is 0 Å². The van der Waals surface area contributed by atoms with E-state index in [0.29, 0.717) is 0 Å². The van der Waals surface area contributed by atoms with Gasteiger partial charge in [0.25, 0.3) is 0 Å². The summed E-state index contributed by atoms with van der Waals surface area (Å²) in [6.07, 6.45) is 4.35. The average Bonchev–Trinajstić information content (AvgIpc) is 2.99. The highest BCUT2D eigenvalue weighted by Gasteiger charge is 1.99. The van der Waals surface area contributed by atoms with Crippen LogP contribution in [0.4, 0.5) is 0 Å². The maximum absolute atomic E-state index is 3.30. The molecule has 0 unspecified atom stereocenters. The summed E-state index contributed by atoms with van der Waals surface area (Å²) in [6, 6.07) is 42.6. The normalized spacial score (nSPS) is 10.8. The molecule has 0 aliphatic heterocycles. The third kappa shape index (κ3) is 6.05. The molecule has 0 aromatic heterocycles. The fourth-order valence-electron chi connectivity index (χ4n) is 4.65. The van der Waals surface area contributed by atoms with Gasteiger partial charge in [0, 0.05) is 22.3 Å². The first-order valence-electron chi connectivity index (χ1n) is 13.5. The maximum Gasteiger partial charge on any atom is 0.0255 e. The van der Waals surface area contributed by atoms with E-state index in [9.17, 15) is 0 Å². The molecule has 188 valence electrons. The SMILES string of the molecule is Cc1ccc(C#Cc2ccc3cc(C=Cc4ccc5cc(C#Cc6ccc(C)cc6)ccc5c4)ccc3c2)cc1. The van der Waals surface area contributed by atoms with Crippen molar-refractivity contribution >= 4 is 33.7 Å². The Morgan fingerprint density at radius 2 is 0.675 bits per heavy atom. The summed E-state index contributed by atoms with van der Waals surface area (Å²) in [6.45, 7) is 4.18. The standard InChI is InChI=1S/C40H28/c1-29-3-7-31(8-4-29)11-13-33-17-21-39-27-35(19-23-37(39)25-33)15-16-36-20-24-38-26-34(18-22-40(38)28-36)14-12-32-9-5-30(2)6-10-32/h3-10,15-28H,1-2H3. The Morgan fingerprint density at radius 3 is 1.10 bits per heavy atom. The Bertz CT molecular complexity index is 1850. The van der Waals surface area contributed by atoms with Crippen molar-refractivity contribution in [1.29, 1.82) is 0 Å². The molecule has 0 nitrogen and oxygen atoms in total. The molecule has 0 N–H and O–H groups in total. The molecule has 40 heavy (non-hydrogen) atoms. The fourth-order valence-corrected chi connectivity index (χ4v) is 4.65. The first-order valence-corrected chi connectivity index (χ1v) is 13.5. The minimum absolute atomic E-state index is 1.02. The summed E-state index contributed by atoms with van der Waals surface area (Å²) in [7, 11) is 0. The van der Waals surface area contributed by atoms with E-state index < -0.39 is 0 Å². The van der Waals surface area contributed by atoms with Crippen LogP contribution in [0.25, 0.3) is 33.7 Å². The molecular weight excluding hydrogens is 480 g/mol. The van der Waals surface area contributed by atoms with Crippen molar-refractivity contribution in [3.63, 3.8) is 0 Å². The molecule has 0 aliphatic carbocycles. The fraction of sp³-hybridized carbons (Fsp3) is 0.0500. The summed E-state index contributed by atoms with van der Waals surface area (Å²) in [5.74, 6) is 13.1. The maximum atomic E-state index is 3.30. The zero-order valence-electron chi connectivity index (χ0n) is 22.7. The highest BCUT2D eigenvalue weighted by molar-refractivity contribution is 5.89. The topological polar surface area (TPSA) is 0 Å². The first kappa shape index (κ1) is 25.0. The summed E-state index contributed by atoms with van der Waals surface area (Å²) in [5.41, 5.74) is 8.96. The molecule has 0 aliphatic rings. The van der Waals surface area contributed by atoms with Gasteiger partial charge in [0.05, 0.1) is 0 Å². The third-order valence-corrected chi connectivity index (χ3v) is 7.00. The minimum Gasteiger partial charge on any atom is -0.0617 e. The Morgan fingerprint density at radius 1 is 0.350 bits per heavy atom. The predicted octanol–water partition coefficient (Wildman–Crippen LogP) is 9.58. The van der Waals surface area contributed by atoms with Gasteiger partial charge in [-0.1, -0.05) is 108 Å². The van der Waals surface area contributed by atoms with E-state index in [1.165, 1.54) is 43.8 Å². The van der Waals surface area contributed by atoms with Crippen molar-refractivity contribution in [2.45, 2.75) is 13.8 Å². The summed E-state index contributed by atoms with van der Waals surface area (Å²) < 4.78 is 0. The van der Waals surface area contributed by atoms with Crippen molar-refractivity contribution in [1.82, 2.24) is 0 Å². The molecule has 0 saturated heterocycles. The van der Waals surface area contributed by atoms with Crippen LogP contribution >= 0.6 is 0 Å². The number of aryl methyl sites for hydroxylation is 2. The quantitative estimate of drug-likeness (QED) is 0.161. The van der Waals surface area contributed by atoms with Crippen molar-refractivity contribution in [3.05, 3.63) is 166 Å². The predicted molar refractivity (Wildman–Crippen MR) is 171 cm³/mol. The van der Waals surface area contributed by atoms with Gasteiger partial charge in [0.1, 0.15) is 0 Å². The van der Waals surface area contributed by atoms with Crippen LogP contribution in [0.5, 0.6) is 0 Å². The lowest BCUT2D eigenvalue weighted by atomic mass is 10.0. The van der Waals surface area contributed by atoms with Crippen LogP contribution in [0.2, 0.25) is 0 Å². The van der Waals surface area contributed by atoms with Gasteiger partial charge in [-0.15, -0.1) is 0 Å². The number of hydrogen-bond donors (Lipinski definition) is 0. The smallest absolute Gasteiger partial charge is 0.0255 e. The zero-order valence-corrected chi connectivity index (χ0v) is 22.7. The van der Waals surface area contributed by atoms with Gasteiger partial charge in [-0.05, 0) is 107 Å². The Hall–Kier alpha value is -5.30. The van der Waals surface area contributed by atoms with E-state index in [-0.39, 0.29) is 0 Å². The van der Waals surface area contributed by atoms with E-state index in [1.54, 1.807) is 0 Å². The minimum atomic E-state index is 1.02. The molecule has 0 fully saturated rings. The van der Waals surface area contributed by atoms with E-state index in [2.05, 4.69) is 171 Å². The Balaban J connectivity index is 1.17. The Labute approximate surface area is 236 Å². The molecule has 0 atom stereocenters. The van der Waals surface area contributed by atoms with Crippen molar-refractivity contribution in [2.24, 2.45) is 0 Å². The molecule has 0 heteroatoms. The van der Waals surface area contributed by atoms with Crippen LogP contribution in [-0.2, 0) is 0 Å². The molecule has 0 saturated carbocycles. The van der Waals surface area contributed by atoms with Gasteiger partial charge in [0.2, 0.25) is 0 Å². The number of benzene rings is 6. The first-order chi connectivity index (χ1) is 19.6. The molecule has 0 spiro atoms. The second-order valence-electron chi connectivity index (χ2n) is 10.2. The lowest BCUT2D eigenvalue weighted by molar-refractivity contribution is 1.46. The molecule has 0 heterocycles. The van der Waals surface area contributed by atoms with Gasteiger partial charge in [-0.25, -0.2) is 0 Å². The lowest BCUT2D eigenvalue weighted by Crippen LogP contribution is -1.81. The summed E-state index contributed by atoms with van der Waals surface area (Å²) in [4.78, 5) is 0. The molecule has 6 aromatic rings. The van der Waals surface area contributed by atoms with Crippen LogP contribution in [-0.4, -0.2) is 0 Å². The van der Waals surface area contributed by atoms with Crippen molar-refractivity contribution in [3.8, 4) is 23.7 Å². The highest BCUT2D eigenvalue weighted by Crippen LogP contribution is 2.22. The largest absolute Gasteiger partial charge is 0.0617 e. The molecule has 0 radical (unpaired) electrons. The van der Waals surface area contributed by atoms with Gasteiger partial charge in [-0.2, -0.15) is 0 Å². The van der Waals surface area contributed by atoms with Gasteiger partial charge in [-0.3, -0.25) is 0 Å². The number of rotatable bonds is 2. The molecule has 6 rings (SSSR count). The molecule has 6 aromatic carbocycles. The third-order valence-electron chi connectivity index (χ3n) is 7.00. The van der Waals surface area contributed by atoms with Crippen LogP contribution < -0.4 is 0 Å². The average molecular weight is 509 g/mol. The van der Waals surface area contributed by atoms with E-state index in [4.69, 9.17) is 0 Å². The molecule has 0 amide bonds. The van der Waals surface area contributed by atoms with Crippen molar-refractivity contribution in [2.75, 3.05) is 0 Å². The summed E-state index contributed by atoms with van der Waals surface area (Å²) >= 11 is 0. The van der Waals surface area contributed by atoms with Crippen LogP contribution in [0.3, 0.4) is 0 Å². The van der Waals surface area contributed by atoms with Crippen LogP contribution in [0, 0.1) is 37.5 Å². The van der Waals surface area contributed by atoms with Crippen LogP contribution in [0.1, 0.15) is 44.5 Å². The van der Waals surface area contributed by atoms with Gasteiger partial charge < -0.3 is 0 Å².